The lowest BCUT2D eigenvalue weighted by Crippen LogP contribution is -2.59. The molecule has 272 valence electrons. The average molecular weight is 685 g/mol. The smallest absolute Gasteiger partial charge is 0.407 e. The number of hydrazine groups is 1. The quantitative estimate of drug-likeness (QED) is 0.139. The SMILES string of the molecule is CC[C@H](C)[C@H](NC(=O)OC)C(=O)NN(Cc1ccc(N(CC)CC)cc1)CC(O)C(Cc1ccccc1)NC(=O)[C@@H](NC(=O)OC)C(C)C. The highest BCUT2D eigenvalue weighted by Gasteiger charge is 2.32. The fourth-order valence-corrected chi connectivity index (χ4v) is 5.38. The van der Waals surface area contributed by atoms with Crippen LogP contribution in [0.5, 0.6) is 0 Å². The van der Waals surface area contributed by atoms with Crippen LogP contribution in [0.4, 0.5) is 15.3 Å². The minimum absolute atomic E-state index is 0.0798. The second-order valence-electron chi connectivity index (χ2n) is 12.4. The van der Waals surface area contributed by atoms with Gasteiger partial charge in [-0.05, 0) is 55.4 Å². The highest BCUT2D eigenvalue weighted by atomic mass is 16.5. The first-order chi connectivity index (χ1) is 23.4. The Morgan fingerprint density at radius 3 is 1.84 bits per heavy atom. The summed E-state index contributed by atoms with van der Waals surface area (Å²) in [5.41, 5.74) is 5.72. The van der Waals surface area contributed by atoms with Crippen molar-refractivity contribution in [2.24, 2.45) is 11.8 Å². The van der Waals surface area contributed by atoms with E-state index >= 15 is 0 Å². The number of carbonyl (C=O) groups is 4. The number of carbonyl (C=O) groups excluding carboxylic acids is 4. The fraction of sp³-hybridized carbons (Fsp3) is 0.556. The van der Waals surface area contributed by atoms with Crippen LogP contribution in [-0.2, 0) is 32.0 Å². The zero-order chi connectivity index (χ0) is 36.5. The molecule has 0 radical (unpaired) electrons. The molecule has 0 aliphatic carbocycles. The van der Waals surface area contributed by atoms with Crippen LogP contribution in [0, 0.1) is 11.8 Å². The Balaban J connectivity index is 2.45. The van der Waals surface area contributed by atoms with Gasteiger partial charge in [0.15, 0.2) is 0 Å². The third-order valence-electron chi connectivity index (χ3n) is 8.57. The number of aliphatic hydroxyl groups excluding tert-OH is 1. The molecule has 13 heteroatoms. The van der Waals surface area contributed by atoms with Gasteiger partial charge in [-0.1, -0.05) is 76.6 Å². The maximum Gasteiger partial charge on any atom is 0.407 e. The van der Waals surface area contributed by atoms with Crippen LogP contribution in [0.25, 0.3) is 0 Å². The number of anilines is 1. The van der Waals surface area contributed by atoms with Crippen LogP contribution in [0.15, 0.2) is 54.6 Å². The highest BCUT2D eigenvalue weighted by molar-refractivity contribution is 5.86. The molecule has 0 aliphatic rings. The molecule has 0 aromatic heterocycles. The lowest BCUT2D eigenvalue weighted by molar-refractivity contribution is -0.131. The summed E-state index contributed by atoms with van der Waals surface area (Å²) in [5, 5.41) is 21.5. The van der Waals surface area contributed by atoms with Gasteiger partial charge < -0.3 is 35.4 Å². The van der Waals surface area contributed by atoms with Crippen LogP contribution in [0.2, 0.25) is 0 Å². The zero-order valence-electron chi connectivity index (χ0n) is 30.2. The summed E-state index contributed by atoms with van der Waals surface area (Å²) in [4.78, 5) is 53.6. The van der Waals surface area contributed by atoms with Crippen molar-refractivity contribution in [1.29, 1.82) is 0 Å². The van der Waals surface area contributed by atoms with Crippen LogP contribution >= 0.6 is 0 Å². The number of rotatable bonds is 19. The minimum Gasteiger partial charge on any atom is -0.453 e. The van der Waals surface area contributed by atoms with E-state index in [1.54, 1.807) is 18.9 Å². The number of aliphatic hydroxyl groups is 1. The van der Waals surface area contributed by atoms with E-state index in [1.165, 1.54) is 14.2 Å². The Hall–Kier alpha value is -4.36. The monoisotopic (exact) mass is 684 g/mol. The summed E-state index contributed by atoms with van der Waals surface area (Å²) in [6.45, 7) is 13.4. The second-order valence-corrected chi connectivity index (χ2v) is 12.4. The van der Waals surface area contributed by atoms with Crippen molar-refractivity contribution < 1.29 is 33.8 Å². The fourth-order valence-electron chi connectivity index (χ4n) is 5.38. The molecule has 13 nitrogen and oxygen atoms in total. The summed E-state index contributed by atoms with van der Waals surface area (Å²) in [7, 11) is 2.45. The van der Waals surface area contributed by atoms with E-state index in [4.69, 9.17) is 9.47 Å². The topological polar surface area (TPSA) is 162 Å². The molecule has 0 aliphatic heterocycles. The first-order valence-electron chi connectivity index (χ1n) is 17.0. The maximum atomic E-state index is 13.7. The highest BCUT2D eigenvalue weighted by Crippen LogP contribution is 2.17. The van der Waals surface area contributed by atoms with E-state index in [1.807, 2.05) is 68.4 Å². The van der Waals surface area contributed by atoms with Gasteiger partial charge in [0.25, 0.3) is 5.91 Å². The molecular formula is C36H56N6O7. The number of methoxy groups -OCH3 is 2. The first kappa shape index (κ1) is 40.8. The van der Waals surface area contributed by atoms with Gasteiger partial charge >= 0.3 is 12.2 Å². The Kier molecular flexibility index (Phi) is 17.4. The largest absolute Gasteiger partial charge is 0.453 e. The molecule has 49 heavy (non-hydrogen) atoms. The van der Waals surface area contributed by atoms with Crippen LogP contribution < -0.4 is 26.3 Å². The molecule has 5 N–H and O–H groups in total. The average Bonchev–Trinajstić information content (AvgIpc) is 3.09. The van der Waals surface area contributed by atoms with Crippen LogP contribution in [0.3, 0.4) is 0 Å². The number of nitrogens with one attached hydrogen (secondary N) is 4. The number of nitrogens with zero attached hydrogens (tertiary/aromatic N) is 2. The molecular weight excluding hydrogens is 628 g/mol. The van der Waals surface area contributed by atoms with Crippen molar-refractivity contribution in [3.05, 3.63) is 65.7 Å². The number of ether oxygens (including phenoxy) is 2. The number of amides is 4. The van der Waals surface area contributed by atoms with Gasteiger partial charge in [-0.15, -0.1) is 0 Å². The van der Waals surface area contributed by atoms with Gasteiger partial charge in [-0.2, -0.15) is 0 Å². The van der Waals surface area contributed by atoms with Crippen molar-refractivity contribution in [2.75, 3.05) is 38.8 Å². The van der Waals surface area contributed by atoms with Gasteiger partial charge in [-0.3, -0.25) is 15.0 Å². The van der Waals surface area contributed by atoms with E-state index in [0.29, 0.717) is 6.42 Å². The number of alkyl carbamates (subject to hydrolysis) is 2. The molecule has 0 bridgehead atoms. The van der Waals surface area contributed by atoms with Gasteiger partial charge in [0.1, 0.15) is 12.1 Å². The Morgan fingerprint density at radius 1 is 0.755 bits per heavy atom. The van der Waals surface area contributed by atoms with E-state index in [0.717, 1.165) is 29.9 Å². The van der Waals surface area contributed by atoms with Crippen molar-refractivity contribution in [2.45, 2.75) is 85.2 Å². The van der Waals surface area contributed by atoms with Crippen molar-refractivity contribution in [1.82, 2.24) is 26.4 Å². The molecule has 4 amide bonds. The first-order valence-corrected chi connectivity index (χ1v) is 17.0. The Morgan fingerprint density at radius 2 is 1.33 bits per heavy atom. The third-order valence-corrected chi connectivity index (χ3v) is 8.57. The molecule has 2 aromatic rings. The van der Waals surface area contributed by atoms with Crippen molar-refractivity contribution in [3.8, 4) is 0 Å². The molecule has 2 unspecified atom stereocenters. The number of hydrogen-bond acceptors (Lipinski definition) is 9. The van der Waals surface area contributed by atoms with Gasteiger partial charge in [0, 0.05) is 31.9 Å². The lowest BCUT2D eigenvalue weighted by Gasteiger charge is -2.33. The molecule has 0 saturated heterocycles. The molecule has 2 aromatic carbocycles. The second kappa shape index (κ2) is 20.9. The summed E-state index contributed by atoms with van der Waals surface area (Å²) in [5.74, 6) is -1.46. The summed E-state index contributed by atoms with van der Waals surface area (Å²) in [6, 6.07) is 14.7. The predicted molar refractivity (Wildman–Crippen MR) is 190 cm³/mol. The minimum atomic E-state index is -1.18. The molecule has 0 saturated carbocycles. The maximum absolute atomic E-state index is 13.7. The Bertz CT molecular complexity index is 1310. The molecule has 0 heterocycles. The van der Waals surface area contributed by atoms with E-state index in [2.05, 4.69) is 40.1 Å². The van der Waals surface area contributed by atoms with Crippen LogP contribution in [-0.4, -0.2) is 92.2 Å². The van der Waals surface area contributed by atoms with E-state index in [9.17, 15) is 24.3 Å². The molecule has 2 rings (SSSR count). The van der Waals surface area contributed by atoms with Crippen molar-refractivity contribution >= 4 is 29.7 Å². The van der Waals surface area contributed by atoms with Crippen molar-refractivity contribution in [3.63, 3.8) is 0 Å². The van der Waals surface area contributed by atoms with Gasteiger partial charge in [-0.25, -0.2) is 14.6 Å². The van der Waals surface area contributed by atoms with Gasteiger partial charge in [0.2, 0.25) is 5.91 Å². The number of hydrogen-bond donors (Lipinski definition) is 5. The standard InChI is InChI=1S/C36H56N6O7/c1-9-25(6)32(39-36(47)49-8)34(45)40-42(22-27-17-19-28(20-18-27)41(10-2)11-3)23-30(43)29(21-26-15-13-12-14-16-26)37-33(44)31(24(4)5)38-35(46)48-7/h12-20,24-25,29-32,43H,9-11,21-23H2,1-8H3,(H,37,44)(H,38,46)(H,39,47)(H,40,45)/t25-,29?,30?,31-,32-/m0/s1. The molecule has 0 fully saturated rings. The van der Waals surface area contributed by atoms with E-state index in [-0.39, 0.29) is 31.3 Å². The summed E-state index contributed by atoms with van der Waals surface area (Å²) in [6.07, 6.45) is -1.77. The zero-order valence-corrected chi connectivity index (χ0v) is 30.2. The summed E-state index contributed by atoms with van der Waals surface area (Å²) < 4.78 is 9.49. The van der Waals surface area contributed by atoms with E-state index < -0.39 is 48.2 Å². The summed E-state index contributed by atoms with van der Waals surface area (Å²) >= 11 is 0. The predicted octanol–water partition coefficient (Wildman–Crippen LogP) is 3.61. The van der Waals surface area contributed by atoms with Crippen LogP contribution in [0.1, 0.15) is 59.1 Å². The normalized spacial score (nSPS) is 14.2. The lowest BCUT2D eigenvalue weighted by atomic mass is 9.98. The number of benzene rings is 2. The molecule has 0 spiro atoms. The molecule has 5 atom stereocenters. The Labute approximate surface area is 291 Å². The van der Waals surface area contributed by atoms with Gasteiger partial charge in [0.05, 0.1) is 26.4 Å². The third kappa shape index (κ3) is 13.2.